The van der Waals surface area contributed by atoms with Crippen LogP contribution in [0, 0.1) is 5.92 Å². The maximum Gasteiger partial charge on any atom is 0.308 e. The Morgan fingerprint density at radius 3 is 2.22 bits per heavy atom. The summed E-state index contributed by atoms with van der Waals surface area (Å²) in [7, 11) is 0. The molecule has 182 valence electrons. The van der Waals surface area contributed by atoms with E-state index in [2.05, 4.69) is 26.0 Å². The monoisotopic (exact) mass is 456 g/mol. The minimum atomic E-state index is -1.19. The van der Waals surface area contributed by atoms with Gasteiger partial charge in [-0.05, 0) is 38.6 Å². The smallest absolute Gasteiger partial charge is 0.308 e. The Labute approximate surface area is 188 Å². The fourth-order valence-electron chi connectivity index (χ4n) is 2.60. The van der Waals surface area contributed by atoms with Crippen molar-refractivity contribution < 1.29 is 28.7 Å². The molecule has 0 aliphatic carbocycles. The van der Waals surface area contributed by atoms with Crippen molar-refractivity contribution >= 4 is 23.7 Å². The van der Waals surface area contributed by atoms with Crippen LogP contribution in [-0.2, 0) is 28.7 Å². The van der Waals surface area contributed by atoms with Gasteiger partial charge in [0.1, 0.15) is 17.7 Å². The Hall–Kier alpha value is -2.85. The van der Waals surface area contributed by atoms with E-state index in [0.717, 1.165) is 0 Å². The molecule has 0 unspecified atom stereocenters. The largest absolute Gasteiger partial charge is 0.460 e. The molecule has 2 atom stereocenters. The lowest BCUT2D eigenvalue weighted by Gasteiger charge is -2.25. The van der Waals surface area contributed by atoms with Crippen LogP contribution >= 0.6 is 0 Å². The highest BCUT2D eigenvalue weighted by molar-refractivity contribution is 5.93. The lowest BCUT2D eigenvalue weighted by Crippen LogP contribution is -2.54. The van der Waals surface area contributed by atoms with Gasteiger partial charge in [0.15, 0.2) is 0 Å². The number of ether oxygens (including phenoxy) is 2. The van der Waals surface area contributed by atoms with Crippen molar-refractivity contribution in [2.75, 3.05) is 26.3 Å². The van der Waals surface area contributed by atoms with E-state index in [0.29, 0.717) is 6.42 Å². The fourth-order valence-corrected chi connectivity index (χ4v) is 2.60. The van der Waals surface area contributed by atoms with Gasteiger partial charge in [0.25, 0.3) is 0 Å². The molecule has 32 heavy (non-hydrogen) atoms. The van der Waals surface area contributed by atoms with E-state index in [-0.39, 0.29) is 44.5 Å². The highest BCUT2D eigenvalue weighted by Gasteiger charge is 2.30. The van der Waals surface area contributed by atoms with Gasteiger partial charge in [-0.2, -0.15) is 0 Å². The molecule has 0 aromatic heterocycles. The number of carbonyl (C=O) groups is 4. The van der Waals surface area contributed by atoms with Crippen LogP contribution in [0.5, 0.6) is 0 Å². The molecule has 3 N–H and O–H groups in total. The van der Waals surface area contributed by atoms with Crippen LogP contribution in [0.2, 0.25) is 0 Å². The van der Waals surface area contributed by atoms with E-state index >= 15 is 0 Å². The minimum Gasteiger partial charge on any atom is -0.460 e. The molecule has 0 spiro atoms. The van der Waals surface area contributed by atoms with E-state index in [1.165, 1.54) is 6.92 Å². The number of rotatable bonds is 14. The van der Waals surface area contributed by atoms with Gasteiger partial charge in [-0.15, -0.1) is 0 Å². The number of hydrogen-bond donors (Lipinski definition) is 3. The molecule has 12 nitrogen and oxygen atoms in total. The molecule has 0 rings (SSSR count). The second-order valence-corrected chi connectivity index (χ2v) is 8.59. The van der Waals surface area contributed by atoms with Crippen molar-refractivity contribution in [2.45, 2.75) is 72.1 Å². The SMILES string of the molecule is CC(=O)N[C@@H](CC(C)C)C(=O)N[C@@H](CC(=O)OC(C)(C)C)C(=O)NCCOCCN=[N+]=[N-]. The Kier molecular flexibility index (Phi) is 13.7. The molecule has 0 aliphatic heterocycles. The van der Waals surface area contributed by atoms with Crippen LogP contribution in [0.1, 0.15) is 54.4 Å². The summed E-state index contributed by atoms with van der Waals surface area (Å²) in [6.45, 7) is 10.8. The van der Waals surface area contributed by atoms with Crippen LogP contribution in [0.3, 0.4) is 0 Å². The van der Waals surface area contributed by atoms with E-state index in [1.807, 2.05) is 13.8 Å². The Balaban J connectivity index is 5.12. The zero-order valence-corrected chi connectivity index (χ0v) is 19.8. The molecule has 0 bridgehead atoms. The number of nitrogens with zero attached hydrogens (tertiary/aromatic N) is 3. The van der Waals surface area contributed by atoms with Crippen LogP contribution in [0.25, 0.3) is 10.4 Å². The molecule has 12 heteroatoms. The maximum atomic E-state index is 12.8. The minimum absolute atomic E-state index is 0.109. The van der Waals surface area contributed by atoms with Gasteiger partial charge >= 0.3 is 5.97 Å². The highest BCUT2D eigenvalue weighted by Crippen LogP contribution is 2.10. The predicted molar refractivity (Wildman–Crippen MR) is 117 cm³/mol. The molecule has 0 saturated carbocycles. The normalized spacial score (nSPS) is 12.8. The molecular weight excluding hydrogens is 420 g/mol. The van der Waals surface area contributed by atoms with Crippen LogP contribution in [0.4, 0.5) is 0 Å². The zero-order valence-electron chi connectivity index (χ0n) is 19.8. The van der Waals surface area contributed by atoms with Gasteiger partial charge in [0, 0.05) is 24.9 Å². The van der Waals surface area contributed by atoms with Crippen molar-refractivity contribution in [1.82, 2.24) is 16.0 Å². The summed E-state index contributed by atoms with van der Waals surface area (Å²) < 4.78 is 10.5. The molecular formula is C20H36N6O6. The Morgan fingerprint density at radius 2 is 1.69 bits per heavy atom. The predicted octanol–water partition coefficient (Wildman–Crippen LogP) is 1.20. The van der Waals surface area contributed by atoms with E-state index < -0.39 is 35.5 Å². The summed E-state index contributed by atoms with van der Waals surface area (Å²) in [5, 5.41) is 11.0. The van der Waals surface area contributed by atoms with E-state index in [1.54, 1.807) is 20.8 Å². The average Bonchev–Trinajstić information content (AvgIpc) is 2.63. The van der Waals surface area contributed by atoms with Crippen molar-refractivity contribution in [3.05, 3.63) is 10.4 Å². The van der Waals surface area contributed by atoms with Gasteiger partial charge in [-0.25, -0.2) is 0 Å². The number of carbonyl (C=O) groups excluding carboxylic acids is 4. The first-order valence-corrected chi connectivity index (χ1v) is 10.5. The number of esters is 1. The molecule has 0 heterocycles. The number of nitrogens with one attached hydrogen (secondary N) is 3. The quantitative estimate of drug-likeness (QED) is 0.116. The van der Waals surface area contributed by atoms with Gasteiger partial charge in [0.05, 0.1) is 19.6 Å². The fraction of sp³-hybridized carbons (Fsp3) is 0.800. The highest BCUT2D eigenvalue weighted by atomic mass is 16.6. The Bertz CT molecular complexity index is 685. The van der Waals surface area contributed by atoms with Crippen molar-refractivity contribution in [2.24, 2.45) is 11.0 Å². The van der Waals surface area contributed by atoms with Gasteiger partial charge in [-0.1, -0.05) is 19.0 Å². The zero-order chi connectivity index (χ0) is 24.7. The second-order valence-electron chi connectivity index (χ2n) is 8.59. The summed E-state index contributed by atoms with van der Waals surface area (Å²) in [4.78, 5) is 51.7. The summed E-state index contributed by atoms with van der Waals surface area (Å²) >= 11 is 0. The molecule has 0 saturated heterocycles. The van der Waals surface area contributed by atoms with Gasteiger partial charge in [-0.3, -0.25) is 19.2 Å². The van der Waals surface area contributed by atoms with Gasteiger partial charge in [0.2, 0.25) is 17.7 Å². The summed E-state index contributed by atoms with van der Waals surface area (Å²) in [6, 6.07) is -2.03. The lowest BCUT2D eigenvalue weighted by atomic mass is 10.0. The topological polar surface area (TPSA) is 172 Å². The molecule has 0 aromatic rings. The van der Waals surface area contributed by atoms with Crippen LogP contribution in [-0.4, -0.2) is 67.7 Å². The maximum absolute atomic E-state index is 12.8. The lowest BCUT2D eigenvalue weighted by molar-refractivity contribution is -0.156. The standard InChI is InChI=1S/C20H36N6O6/c1-13(2)11-15(24-14(3)27)19(30)25-16(12-17(28)32-20(4,5)6)18(29)22-7-9-31-10-8-23-26-21/h13,15-16H,7-12H2,1-6H3,(H,22,29)(H,24,27)(H,25,30)/t15-,16-/m0/s1. The van der Waals surface area contributed by atoms with E-state index in [9.17, 15) is 19.2 Å². The third-order valence-electron chi connectivity index (χ3n) is 3.77. The Morgan fingerprint density at radius 1 is 1.03 bits per heavy atom. The van der Waals surface area contributed by atoms with Crippen LogP contribution in [0.15, 0.2) is 5.11 Å². The third-order valence-corrected chi connectivity index (χ3v) is 3.77. The van der Waals surface area contributed by atoms with E-state index in [4.69, 9.17) is 15.0 Å². The molecule has 0 aromatic carbocycles. The van der Waals surface area contributed by atoms with Crippen molar-refractivity contribution in [1.29, 1.82) is 0 Å². The first-order valence-electron chi connectivity index (χ1n) is 10.5. The van der Waals surface area contributed by atoms with Gasteiger partial charge < -0.3 is 25.4 Å². The van der Waals surface area contributed by atoms with Crippen LogP contribution < -0.4 is 16.0 Å². The molecule has 0 aliphatic rings. The first kappa shape index (κ1) is 29.1. The third kappa shape index (κ3) is 15.0. The first-order chi connectivity index (χ1) is 14.9. The summed E-state index contributed by atoms with van der Waals surface area (Å²) in [6.07, 6.45) is -0.00768. The summed E-state index contributed by atoms with van der Waals surface area (Å²) in [5.41, 5.74) is 7.45. The molecule has 0 radical (unpaired) electrons. The molecule has 3 amide bonds. The second kappa shape index (κ2) is 15.0. The number of azide groups is 1. The number of amides is 3. The average molecular weight is 457 g/mol. The number of hydrogen-bond acceptors (Lipinski definition) is 7. The van der Waals surface area contributed by atoms with Crippen molar-refractivity contribution in [3.8, 4) is 0 Å². The summed E-state index contributed by atoms with van der Waals surface area (Å²) in [5.74, 6) is -2.07. The molecule has 0 fully saturated rings. The van der Waals surface area contributed by atoms with Crippen molar-refractivity contribution in [3.63, 3.8) is 0 Å².